The van der Waals surface area contributed by atoms with E-state index in [1.54, 1.807) is 5.57 Å². The number of aliphatic carboxylic acids is 1. The summed E-state index contributed by atoms with van der Waals surface area (Å²) < 4.78 is 6.11. The van der Waals surface area contributed by atoms with Crippen molar-refractivity contribution in [1.29, 1.82) is 0 Å². The summed E-state index contributed by atoms with van der Waals surface area (Å²) in [5.74, 6) is 0.437. The van der Waals surface area contributed by atoms with Crippen LogP contribution in [0.5, 0.6) is 0 Å². The van der Waals surface area contributed by atoms with E-state index < -0.39 is 12.0 Å². The molecule has 5 aliphatic carbocycles. The lowest BCUT2D eigenvalue weighted by Crippen LogP contribution is -2.65. The van der Waals surface area contributed by atoms with Gasteiger partial charge in [-0.3, -0.25) is 19.2 Å². The second-order valence-electron chi connectivity index (χ2n) is 21.0. The SMILES string of the molecule is CCC(=O)O[C@H]1CC[C@]2(C)[C@H]3CC=C4[C@@H]5CC(C)(C)CC[C@]5(C(=O)NCCCCCCCCCCC(=O)N[C@@H](C)C(=O)O)CC[C@@]4(C)[C@]3(C)CC[C@H]2C1(C)C. The number of rotatable bonds is 16. The van der Waals surface area contributed by atoms with Gasteiger partial charge in [0.1, 0.15) is 12.1 Å². The van der Waals surface area contributed by atoms with Crippen LogP contribution in [-0.4, -0.2) is 47.6 Å². The predicted molar refractivity (Wildman–Crippen MR) is 219 cm³/mol. The molecule has 2 amide bonds. The summed E-state index contributed by atoms with van der Waals surface area (Å²) >= 11 is 0. The molecule has 0 spiro atoms. The van der Waals surface area contributed by atoms with Crippen LogP contribution in [0.15, 0.2) is 11.6 Å². The number of hydrogen-bond donors (Lipinski definition) is 3. The number of carboxylic acids is 1. The van der Waals surface area contributed by atoms with Crippen LogP contribution in [0.4, 0.5) is 0 Å². The monoisotopic (exact) mass is 767 g/mol. The molecule has 0 aromatic carbocycles. The Morgan fingerprint density at radius 2 is 1.45 bits per heavy atom. The molecule has 3 N–H and O–H groups in total. The van der Waals surface area contributed by atoms with E-state index in [9.17, 15) is 19.2 Å². The number of ether oxygens (including phenoxy) is 1. The number of amides is 2. The van der Waals surface area contributed by atoms with Crippen molar-refractivity contribution in [2.24, 2.45) is 50.2 Å². The average molecular weight is 767 g/mol. The fourth-order valence-electron chi connectivity index (χ4n) is 13.3. The quantitative estimate of drug-likeness (QED) is 0.0817. The summed E-state index contributed by atoms with van der Waals surface area (Å²) in [7, 11) is 0. The molecule has 8 nitrogen and oxygen atoms in total. The molecule has 0 heterocycles. The zero-order valence-corrected chi connectivity index (χ0v) is 36.3. The molecule has 5 aliphatic rings. The Bertz CT molecular complexity index is 1450. The lowest BCUT2D eigenvalue weighted by Gasteiger charge is -2.71. The summed E-state index contributed by atoms with van der Waals surface area (Å²) in [5.41, 5.74) is 1.91. The number of allylic oxidation sites excluding steroid dienone is 2. The van der Waals surface area contributed by atoms with E-state index in [1.807, 2.05) is 6.92 Å². The standard InChI is InChI=1S/C47H78N2O6/c1-10-39(51)55-37-23-24-44(7)35(43(37,5)6)22-25-46(9)36(44)21-20-33-34-31-42(3,4)26-28-47(34,29-27-45(33,46)8)41(54)48-30-18-16-14-12-11-13-15-17-19-38(50)49-32(2)40(52)53/h20,32,34-37H,10-19,21-31H2,1-9H3,(H,48,54)(H,49,50)(H,52,53)/t32-,34-,35-,36+,37-,44-,45+,46+,47-/m0/s1. The van der Waals surface area contributed by atoms with E-state index in [2.05, 4.69) is 65.2 Å². The summed E-state index contributed by atoms with van der Waals surface area (Å²) in [6.45, 7) is 21.5. The highest BCUT2D eigenvalue weighted by atomic mass is 16.5. The predicted octanol–water partition coefficient (Wildman–Crippen LogP) is 10.3. The van der Waals surface area contributed by atoms with Crippen molar-refractivity contribution in [1.82, 2.24) is 10.6 Å². The van der Waals surface area contributed by atoms with Crippen LogP contribution in [-0.2, 0) is 23.9 Å². The molecular formula is C47H78N2O6. The first kappa shape index (κ1) is 43.7. The third-order valence-corrected chi connectivity index (χ3v) is 17.0. The molecule has 312 valence electrons. The molecule has 0 unspecified atom stereocenters. The van der Waals surface area contributed by atoms with Crippen LogP contribution < -0.4 is 10.6 Å². The van der Waals surface area contributed by atoms with Crippen molar-refractivity contribution in [3.8, 4) is 0 Å². The summed E-state index contributed by atoms with van der Waals surface area (Å²) in [6, 6.07) is -0.840. The second-order valence-corrected chi connectivity index (χ2v) is 21.0. The minimum atomic E-state index is -1.01. The lowest BCUT2D eigenvalue weighted by molar-refractivity contribution is -0.212. The minimum absolute atomic E-state index is 0.00699. The largest absolute Gasteiger partial charge is 0.480 e. The number of fused-ring (bicyclic) bond motifs is 7. The molecule has 0 aromatic rings. The highest BCUT2D eigenvalue weighted by Gasteiger charge is 2.69. The van der Waals surface area contributed by atoms with E-state index in [-0.39, 0.29) is 50.5 Å². The van der Waals surface area contributed by atoms with Crippen molar-refractivity contribution in [3.63, 3.8) is 0 Å². The Balaban J connectivity index is 1.17. The van der Waals surface area contributed by atoms with Gasteiger partial charge in [0.15, 0.2) is 0 Å². The van der Waals surface area contributed by atoms with Crippen LogP contribution in [0.25, 0.3) is 0 Å². The van der Waals surface area contributed by atoms with Gasteiger partial charge in [-0.1, -0.05) is 106 Å². The van der Waals surface area contributed by atoms with Gasteiger partial charge in [0, 0.05) is 24.8 Å². The van der Waals surface area contributed by atoms with Crippen LogP contribution in [0.1, 0.15) is 191 Å². The molecule has 55 heavy (non-hydrogen) atoms. The minimum Gasteiger partial charge on any atom is -0.480 e. The highest BCUT2D eigenvalue weighted by molar-refractivity contribution is 5.84. The van der Waals surface area contributed by atoms with Crippen molar-refractivity contribution in [2.45, 2.75) is 203 Å². The highest BCUT2D eigenvalue weighted by Crippen LogP contribution is 2.76. The molecule has 4 fully saturated rings. The zero-order chi connectivity index (χ0) is 40.5. The van der Waals surface area contributed by atoms with Gasteiger partial charge in [0.05, 0.1) is 5.41 Å². The van der Waals surface area contributed by atoms with Crippen molar-refractivity contribution < 1.29 is 29.0 Å². The normalized spacial score (nSPS) is 36.4. The van der Waals surface area contributed by atoms with Crippen LogP contribution in [0.3, 0.4) is 0 Å². The summed E-state index contributed by atoms with van der Waals surface area (Å²) in [5, 5.41) is 14.9. The number of esters is 1. The Kier molecular flexibility index (Phi) is 13.4. The Labute approximate surface area is 333 Å². The van der Waals surface area contributed by atoms with Gasteiger partial charge in [0.2, 0.25) is 11.8 Å². The van der Waals surface area contributed by atoms with Crippen molar-refractivity contribution >= 4 is 23.8 Å². The number of carbonyl (C=O) groups is 4. The maximum Gasteiger partial charge on any atom is 0.325 e. The van der Waals surface area contributed by atoms with Gasteiger partial charge >= 0.3 is 11.9 Å². The molecule has 5 rings (SSSR count). The van der Waals surface area contributed by atoms with Crippen LogP contribution >= 0.6 is 0 Å². The molecule has 0 saturated heterocycles. The second kappa shape index (κ2) is 16.8. The van der Waals surface area contributed by atoms with Crippen LogP contribution in [0, 0.1) is 50.2 Å². The molecule has 0 bridgehead atoms. The van der Waals surface area contributed by atoms with Crippen LogP contribution in [0.2, 0.25) is 0 Å². The molecule has 8 heteroatoms. The molecular weight excluding hydrogens is 689 g/mol. The average Bonchev–Trinajstić information content (AvgIpc) is 3.11. The summed E-state index contributed by atoms with van der Waals surface area (Å²) in [6.07, 6.45) is 22.7. The van der Waals surface area contributed by atoms with Gasteiger partial charge in [-0.15, -0.1) is 0 Å². The fraction of sp³-hybridized carbons (Fsp3) is 0.872. The van der Waals surface area contributed by atoms with Gasteiger partial charge in [0.25, 0.3) is 0 Å². The Morgan fingerprint density at radius 3 is 2.11 bits per heavy atom. The lowest BCUT2D eigenvalue weighted by atomic mass is 9.33. The van der Waals surface area contributed by atoms with Gasteiger partial charge in [-0.05, 0) is 123 Å². The van der Waals surface area contributed by atoms with Gasteiger partial charge < -0.3 is 20.5 Å². The molecule has 0 aromatic heterocycles. The number of hydrogen-bond acceptors (Lipinski definition) is 5. The summed E-state index contributed by atoms with van der Waals surface area (Å²) in [4.78, 5) is 49.7. The van der Waals surface area contributed by atoms with Gasteiger partial charge in [-0.25, -0.2) is 0 Å². The van der Waals surface area contributed by atoms with E-state index in [1.165, 1.54) is 19.8 Å². The number of carbonyl (C=O) groups excluding carboxylic acids is 3. The first-order valence-electron chi connectivity index (χ1n) is 22.5. The molecule has 4 saturated carbocycles. The van der Waals surface area contributed by atoms with Gasteiger partial charge in [-0.2, -0.15) is 0 Å². The maximum atomic E-state index is 14.5. The first-order valence-corrected chi connectivity index (χ1v) is 22.5. The maximum absolute atomic E-state index is 14.5. The third-order valence-electron chi connectivity index (χ3n) is 17.0. The van der Waals surface area contributed by atoms with E-state index >= 15 is 0 Å². The first-order chi connectivity index (χ1) is 25.8. The van der Waals surface area contributed by atoms with E-state index in [0.29, 0.717) is 36.5 Å². The molecule has 0 aliphatic heterocycles. The zero-order valence-electron chi connectivity index (χ0n) is 36.3. The topological polar surface area (TPSA) is 122 Å². The fourth-order valence-corrected chi connectivity index (χ4v) is 13.3. The molecule has 0 radical (unpaired) electrons. The number of carboxylic acid groups (broad SMARTS) is 1. The van der Waals surface area contributed by atoms with E-state index in [0.717, 1.165) is 109 Å². The Hall–Kier alpha value is -2.38. The number of nitrogens with one attached hydrogen (secondary N) is 2. The Morgan fingerprint density at radius 1 is 0.818 bits per heavy atom. The van der Waals surface area contributed by atoms with Crippen molar-refractivity contribution in [3.05, 3.63) is 11.6 Å². The van der Waals surface area contributed by atoms with E-state index in [4.69, 9.17) is 9.84 Å². The molecule has 9 atom stereocenters. The van der Waals surface area contributed by atoms with Crippen molar-refractivity contribution in [2.75, 3.05) is 6.54 Å². The third kappa shape index (κ3) is 8.45. The number of unbranched alkanes of at least 4 members (excludes halogenated alkanes) is 7. The smallest absolute Gasteiger partial charge is 0.325 e.